The summed E-state index contributed by atoms with van der Waals surface area (Å²) in [5.41, 5.74) is 1.64. The van der Waals surface area contributed by atoms with Crippen LogP contribution in [0.3, 0.4) is 0 Å². The van der Waals surface area contributed by atoms with Crippen molar-refractivity contribution in [3.63, 3.8) is 0 Å². The van der Waals surface area contributed by atoms with Crippen LogP contribution in [0.4, 0.5) is 5.82 Å². The molecule has 0 spiro atoms. The number of carbonyl (C=O) groups excluding carboxylic acids is 1. The first-order valence-corrected chi connectivity index (χ1v) is 9.70. The van der Waals surface area contributed by atoms with E-state index in [1.807, 2.05) is 36.4 Å². The Kier molecular flexibility index (Phi) is 5.69. The summed E-state index contributed by atoms with van der Waals surface area (Å²) < 4.78 is 10.5. The highest BCUT2D eigenvalue weighted by Crippen LogP contribution is 2.23. The summed E-state index contributed by atoms with van der Waals surface area (Å²) >= 11 is 0. The smallest absolute Gasteiger partial charge is 0.316 e. The van der Waals surface area contributed by atoms with Gasteiger partial charge in [-0.1, -0.05) is 23.4 Å². The Morgan fingerprint density at radius 2 is 2.03 bits per heavy atom. The number of benzene rings is 1. The van der Waals surface area contributed by atoms with Crippen LogP contribution in [-0.4, -0.2) is 41.2 Å². The number of hydrogen-bond acceptors (Lipinski definition) is 7. The van der Waals surface area contributed by atoms with Crippen LogP contribution < -0.4 is 15.0 Å². The van der Waals surface area contributed by atoms with E-state index in [1.165, 1.54) is 19.3 Å². The second-order valence-corrected chi connectivity index (χ2v) is 6.87. The molecule has 3 aromatic rings. The maximum absolute atomic E-state index is 12.4. The van der Waals surface area contributed by atoms with Gasteiger partial charge in [0, 0.05) is 37.0 Å². The number of para-hydroxylation sites is 1. The molecule has 1 aromatic carbocycles. The summed E-state index contributed by atoms with van der Waals surface area (Å²) in [6, 6.07) is 11.2. The summed E-state index contributed by atoms with van der Waals surface area (Å²) in [6.07, 6.45) is 5.33. The molecule has 1 aliphatic heterocycles. The number of carbonyl (C=O) groups is 1. The van der Waals surface area contributed by atoms with Gasteiger partial charge in [0.1, 0.15) is 11.6 Å². The van der Waals surface area contributed by atoms with Crippen molar-refractivity contribution in [2.75, 3.05) is 25.1 Å². The van der Waals surface area contributed by atoms with Gasteiger partial charge in [-0.2, -0.15) is 4.98 Å². The molecule has 4 rings (SSSR count). The number of piperidine rings is 1. The molecule has 1 saturated heterocycles. The molecule has 1 fully saturated rings. The topological polar surface area (TPSA) is 93.4 Å². The van der Waals surface area contributed by atoms with Crippen LogP contribution in [0.2, 0.25) is 0 Å². The van der Waals surface area contributed by atoms with E-state index in [2.05, 4.69) is 25.3 Å². The zero-order chi connectivity index (χ0) is 20.1. The fourth-order valence-electron chi connectivity index (χ4n) is 3.39. The van der Waals surface area contributed by atoms with Crippen molar-refractivity contribution in [1.29, 1.82) is 0 Å². The van der Waals surface area contributed by atoms with Gasteiger partial charge < -0.3 is 19.5 Å². The summed E-state index contributed by atoms with van der Waals surface area (Å²) in [7, 11) is 1.60. The number of nitrogens with zero attached hydrogens (tertiary/aromatic N) is 4. The zero-order valence-corrected chi connectivity index (χ0v) is 16.3. The van der Waals surface area contributed by atoms with E-state index in [9.17, 15) is 4.79 Å². The van der Waals surface area contributed by atoms with Crippen molar-refractivity contribution in [3.8, 4) is 17.1 Å². The molecule has 0 aliphatic carbocycles. The first-order chi connectivity index (χ1) is 14.2. The van der Waals surface area contributed by atoms with Crippen molar-refractivity contribution in [1.82, 2.24) is 20.4 Å². The van der Waals surface area contributed by atoms with Crippen molar-refractivity contribution in [2.45, 2.75) is 25.8 Å². The highest BCUT2D eigenvalue weighted by Gasteiger charge is 2.18. The summed E-state index contributed by atoms with van der Waals surface area (Å²) in [5, 5.41) is 6.75. The van der Waals surface area contributed by atoms with Gasteiger partial charge in [0.25, 0.3) is 0 Å². The summed E-state index contributed by atoms with van der Waals surface area (Å²) in [4.78, 5) is 23.4. The number of hydrogen-bond donors (Lipinski definition) is 1. The standard InChI is InChI=1S/C21H23N5O3/c1-28-17-8-4-3-7-16(17)14-23-20(27)21-24-19(25-29-21)15-9-10-22-18(13-15)26-11-5-2-6-12-26/h3-4,7-10,13H,2,5-6,11-12,14H2,1H3,(H,23,27). The van der Waals surface area contributed by atoms with Crippen LogP contribution in [0, 0.1) is 0 Å². The van der Waals surface area contributed by atoms with E-state index in [0.717, 1.165) is 30.0 Å². The maximum Gasteiger partial charge on any atom is 0.316 e. The van der Waals surface area contributed by atoms with Gasteiger partial charge in [-0.25, -0.2) is 4.98 Å². The number of amides is 1. The number of pyridine rings is 1. The molecule has 8 nitrogen and oxygen atoms in total. The molecule has 0 unspecified atom stereocenters. The first kappa shape index (κ1) is 18.9. The normalized spacial score (nSPS) is 13.9. The van der Waals surface area contributed by atoms with E-state index in [4.69, 9.17) is 9.26 Å². The molecule has 150 valence electrons. The van der Waals surface area contributed by atoms with E-state index >= 15 is 0 Å². The van der Waals surface area contributed by atoms with Crippen molar-refractivity contribution in [2.24, 2.45) is 0 Å². The molecule has 3 heterocycles. The monoisotopic (exact) mass is 393 g/mol. The van der Waals surface area contributed by atoms with Crippen molar-refractivity contribution < 1.29 is 14.1 Å². The molecular formula is C21H23N5O3. The Balaban J connectivity index is 1.44. The lowest BCUT2D eigenvalue weighted by atomic mass is 10.1. The van der Waals surface area contributed by atoms with Gasteiger partial charge in [0.05, 0.1) is 7.11 Å². The minimum absolute atomic E-state index is 0.0776. The quantitative estimate of drug-likeness (QED) is 0.688. The van der Waals surface area contributed by atoms with Gasteiger partial charge >= 0.3 is 11.8 Å². The van der Waals surface area contributed by atoms with Gasteiger partial charge in [-0.15, -0.1) is 0 Å². The molecule has 1 amide bonds. The van der Waals surface area contributed by atoms with E-state index in [0.29, 0.717) is 18.1 Å². The largest absolute Gasteiger partial charge is 0.496 e. The Hall–Kier alpha value is -3.42. The fraction of sp³-hybridized carbons (Fsp3) is 0.333. The van der Waals surface area contributed by atoms with E-state index in [-0.39, 0.29) is 5.89 Å². The maximum atomic E-state index is 12.4. The third-order valence-corrected chi connectivity index (χ3v) is 4.94. The second kappa shape index (κ2) is 8.72. The molecule has 0 saturated carbocycles. The molecule has 0 atom stereocenters. The van der Waals surface area contributed by atoms with Gasteiger partial charge in [-0.3, -0.25) is 4.79 Å². The van der Waals surface area contributed by atoms with Gasteiger partial charge in [0.15, 0.2) is 0 Å². The van der Waals surface area contributed by atoms with Crippen molar-refractivity contribution >= 4 is 11.7 Å². The predicted molar refractivity (Wildman–Crippen MR) is 108 cm³/mol. The average Bonchev–Trinajstić information content (AvgIpc) is 3.29. The van der Waals surface area contributed by atoms with Gasteiger partial charge in [-0.05, 0) is 37.5 Å². The number of methoxy groups -OCH3 is 1. The zero-order valence-electron chi connectivity index (χ0n) is 16.3. The van der Waals surface area contributed by atoms with E-state index < -0.39 is 5.91 Å². The third-order valence-electron chi connectivity index (χ3n) is 4.94. The second-order valence-electron chi connectivity index (χ2n) is 6.87. The molecule has 0 bridgehead atoms. The van der Waals surface area contributed by atoms with Crippen LogP contribution in [0.5, 0.6) is 5.75 Å². The molecule has 2 aromatic heterocycles. The lowest BCUT2D eigenvalue weighted by Crippen LogP contribution is -2.30. The van der Waals surface area contributed by atoms with Crippen LogP contribution >= 0.6 is 0 Å². The average molecular weight is 393 g/mol. The predicted octanol–water partition coefficient (Wildman–Crippen LogP) is 3.06. The lowest BCUT2D eigenvalue weighted by Gasteiger charge is -2.27. The third kappa shape index (κ3) is 4.37. The number of nitrogens with one attached hydrogen (secondary N) is 1. The Bertz CT molecular complexity index is 982. The van der Waals surface area contributed by atoms with Crippen LogP contribution in [-0.2, 0) is 6.54 Å². The van der Waals surface area contributed by atoms with E-state index in [1.54, 1.807) is 13.3 Å². The number of ether oxygens (including phenoxy) is 1. The summed E-state index contributed by atoms with van der Waals surface area (Å²) in [6.45, 7) is 2.30. The molecule has 29 heavy (non-hydrogen) atoms. The molecule has 0 radical (unpaired) electrons. The SMILES string of the molecule is COc1ccccc1CNC(=O)c1nc(-c2ccnc(N3CCCCC3)c2)no1. The Labute approximate surface area is 168 Å². The highest BCUT2D eigenvalue weighted by atomic mass is 16.5. The summed E-state index contributed by atoms with van der Waals surface area (Å²) in [5.74, 6) is 1.47. The molecule has 1 N–H and O–H groups in total. The van der Waals surface area contributed by atoms with Crippen LogP contribution in [0.1, 0.15) is 35.5 Å². The minimum Gasteiger partial charge on any atom is -0.496 e. The highest BCUT2D eigenvalue weighted by molar-refractivity contribution is 5.89. The molecule has 8 heteroatoms. The first-order valence-electron chi connectivity index (χ1n) is 9.70. The number of anilines is 1. The van der Waals surface area contributed by atoms with Gasteiger partial charge in [0.2, 0.25) is 5.82 Å². The fourth-order valence-corrected chi connectivity index (χ4v) is 3.39. The van der Waals surface area contributed by atoms with Crippen LogP contribution in [0.15, 0.2) is 47.1 Å². The van der Waals surface area contributed by atoms with Crippen LogP contribution in [0.25, 0.3) is 11.4 Å². The lowest BCUT2D eigenvalue weighted by molar-refractivity contribution is 0.0906. The number of aromatic nitrogens is 3. The molecular weight excluding hydrogens is 370 g/mol. The minimum atomic E-state index is -0.431. The Morgan fingerprint density at radius 3 is 2.86 bits per heavy atom. The Morgan fingerprint density at radius 1 is 1.21 bits per heavy atom. The van der Waals surface area contributed by atoms with Crippen molar-refractivity contribution in [3.05, 3.63) is 54.0 Å². The molecule has 1 aliphatic rings. The number of rotatable bonds is 6.